The molecule has 0 N–H and O–H groups in total. The van der Waals surface area contributed by atoms with Crippen molar-refractivity contribution in [3.63, 3.8) is 0 Å². The second-order valence-corrected chi connectivity index (χ2v) is 5.41. The summed E-state index contributed by atoms with van der Waals surface area (Å²) in [4.78, 5) is 34.4. The van der Waals surface area contributed by atoms with E-state index >= 15 is 0 Å². The van der Waals surface area contributed by atoms with Gasteiger partial charge in [-0.05, 0) is 25.0 Å². The van der Waals surface area contributed by atoms with Crippen molar-refractivity contribution in [3.05, 3.63) is 45.0 Å². The minimum atomic E-state index is -0.730. The summed E-state index contributed by atoms with van der Waals surface area (Å²) in [5.41, 5.74) is 2.67. The van der Waals surface area contributed by atoms with Crippen LogP contribution in [0.15, 0.2) is 18.2 Å². The summed E-state index contributed by atoms with van der Waals surface area (Å²) in [6, 6.07) is 5.70. The molecule has 0 aromatic heterocycles. The Morgan fingerprint density at radius 1 is 1.30 bits per heavy atom. The minimum absolute atomic E-state index is 0.114. The van der Waals surface area contributed by atoms with Crippen LogP contribution in [0.4, 0.5) is 0 Å². The molecule has 106 valence electrons. The lowest BCUT2D eigenvalue weighted by molar-refractivity contribution is -0.481. The van der Waals surface area contributed by atoms with Gasteiger partial charge in [0, 0.05) is 23.7 Å². The number of ketones is 2. The van der Waals surface area contributed by atoms with Crippen molar-refractivity contribution in [1.82, 2.24) is 0 Å². The fraction of sp³-hybridized carbons (Fsp3) is 0.467. The molecule has 5 nitrogen and oxygen atoms in total. The third-order valence-corrected chi connectivity index (χ3v) is 3.86. The molecule has 0 bridgehead atoms. The predicted molar refractivity (Wildman–Crippen MR) is 73.3 cm³/mol. The van der Waals surface area contributed by atoms with Gasteiger partial charge in [0.2, 0.25) is 6.54 Å². The molecule has 2 atom stereocenters. The monoisotopic (exact) mass is 275 g/mol. The predicted octanol–water partition coefficient (Wildman–Crippen LogP) is 2.21. The lowest BCUT2D eigenvalue weighted by Crippen LogP contribution is -2.18. The van der Waals surface area contributed by atoms with Crippen LogP contribution in [0.3, 0.4) is 0 Å². The highest BCUT2D eigenvalue weighted by Gasteiger charge is 2.42. The molecule has 2 unspecified atom stereocenters. The van der Waals surface area contributed by atoms with Crippen molar-refractivity contribution >= 4 is 11.6 Å². The largest absolute Gasteiger partial charge is 0.298 e. The molecule has 0 aliphatic heterocycles. The summed E-state index contributed by atoms with van der Waals surface area (Å²) in [6.07, 6.45) is 0.281. The zero-order valence-corrected chi connectivity index (χ0v) is 11.6. The number of benzene rings is 1. The van der Waals surface area contributed by atoms with Gasteiger partial charge in [0.25, 0.3) is 0 Å². The summed E-state index contributed by atoms with van der Waals surface area (Å²) in [6.45, 7) is 3.53. The quantitative estimate of drug-likeness (QED) is 0.479. The molecule has 0 radical (unpaired) electrons. The number of hydrogen-bond donors (Lipinski definition) is 0. The van der Waals surface area contributed by atoms with Crippen molar-refractivity contribution < 1.29 is 14.5 Å². The number of Topliss-reactive ketones (excluding diaryl/α,β-unsaturated/α-hetero) is 2. The van der Waals surface area contributed by atoms with E-state index in [4.69, 9.17) is 0 Å². The first-order chi connectivity index (χ1) is 9.40. The Morgan fingerprint density at radius 3 is 2.65 bits per heavy atom. The molecular formula is C15H17NO4. The molecule has 0 amide bonds. The van der Waals surface area contributed by atoms with Crippen LogP contribution < -0.4 is 0 Å². The third kappa shape index (κ3) is 2.76. The van der Waals surface area contributed by atoms with Crippen molar-refractivity contribution in [3.8, 4) is 0 Å². The third-order valence-electron chi connectivity index (χ3n) is 3.86. The van der Waals surface area contributed by atoms with Gasteiger partial charge < -0.3 is 0 Å². The van der Waals surface area contributed by atoms with Crippen LogP contribution in [-0.4, -0.2) is 23.0 Å². The Kier molecular flexibility index (Phi) is 3.97. The molecule has 1 aliphatic rings. The summed E-state index contributed by atoms with van der Waals surface area (Å²) >= 11 is 0. The van der Waals surface area contributed by atoms with E-state index < -0.39 is 16.8 Å². The van der Waals surface area contributed by atoms with Gasteiger partial charge in [-0.25, -0.2) is 0 Å². The van der Waals surface area contributed by atoms with E-state index in [0.29, 0.717) is 0 Å². The minimum Gasteiger partial charge on any atom is -0.298 e. The van der Waals surface area contributed by atoms with Gasteiger partial charge in [-0.1, -0.05) is 23.8 Å². The molecule has 5 heteroatoms. The van der Waals surface area contributed by atoms with E-state index in [2.05, 4.69) is 0 Å². The van der Waals surface area contributed by atoms with E-state index in [0.717, 1.165) is 16.7 Å². The zero-order valence-electron chi connectivity index (χ0n) is 11.6. The lowest BCUT2D eigenvalue weighted by atomic mass is 9.89. The Hall–Kier alpha value is -2.04. The van der Waals surface area contributed by atoms with Crippen LogP contribution in [0.2, 0.25) is 0 Å². The average Bonchev–Trinajstić information content (AvgIpc) is 2.65. The summed E-state index contributed by atoms with van der Waals surface area (Å²) in [7, 11) is 0. The summed E-state index contributed by atoms with van der Waals surface area (Å²) < 4.78 is 0. The number of carbonyl (C=O) groups is 2. The highest BCUT2D eigenvalue weighted by atomic mass is 16.6. The number of hydrogen-bond acceptors (Lipinski definition) is 4. The van der Waals surface area contributed by atoms with Crippen molar-refractivity contribution in [1.29, 1.82) is 0 Å². The number of nitrogens with zero attached hydrogens (tertiary/aromatic N) is 1. The van der Waals surface area contributed by atoms with Gasteiger partial charge in [0.05, 0.1) is 0 Å². The van der Waals surface area contributed by atoms with E-state index in [1.165, 1.54) is 0 Å². The first-order valence-electron chi connectivity index (χ1n) is 6.65. The van der Waals surface area contributed by atoms with Gasteiger partial charge in [-0.2, -0.15) is 0 Å². The SMILES string of the molecule is Cc1ccc(C)c(C2C(=O)CC(CC[N+](=O)[O-])C2=O)c1. The lowest BCUT2D eigenvalue weighted by Gasteiger charge is -2.12. The Labute approximate surface area is 117 Å². The average molecular weight is 275 g/mol. The van der Waals surface area contributed by atoms with Crippen molar-refractivity contribution in [2.45, 2.75) is 32.6 Å². The fourth-order valence-electron chi connectivity index (χ4n) is 2.76. The van der Waals surface area contributed by atoms with Crippen LogP contribution in [0, 0.1) is 29.9 Å². The second-order valence-electron chi connectivity index (χ2n) is 5.41. The standard InChI is InChI=1S/C15H17NO4/c1-9-3-4-10(2)12(7-9)14-13(17)8-11(15(14)18)5-6-16(19)20/h3-4,7,11,14H,5-6,8H2,1-2H3. The summed E-state index contributed by atoms with van der Waals surface area (Å²) in [5, 5.41) is 10.4. The molecule has 1 aromatic carbocycles. The summed E-state index contributed by atoms with van der Waals surface area (Å²) in [5.74, 6) is -1.51. The molecule has 0 heterocycles. The number of nitro groups is 1. The molecular weight excluding hydrogens is 258 g/mol. The molecule has 1 aromatic rings. The van der Waals surface area contributed by atoms with E-state index in [1.54, 1.807) is 0 Å². The van der Waals surface area contributed by atoms with Crippen molar-refractivity contribution in [2.24, 2.45) is 5.92 Å². The van der Waals surface area contributed by atoms with Crippen LogP contribution >= 0.6 is 0 Å². The maximum absolute atomic E-state index is 12.3. The molecule has 1 fully saturated rings. The van der Waals surface area contributed by atoms with Crippen LogP contribution in [0.1, 0.15) is 35.4 Å². The van der Waals surface area contributed by atoms with Gasteiger partial charge in [-0.3, -0.25) is 19.7 Å². The Morgan fingerprint density at radius 2 is 2.00 bits per heavy atom. The molecule has 1 saturated carbocycles. The molecule has 0 spiro atoms. The Balaban J connectivity index is 2.24. The van der Waals surface area contributed by atoms with E-state index in [9.17, 15) is 19.7 Å². The van der Waals surface area contributed by atoms with Gasteiger partial charge >= 0.3 is 0 Å². The number of aryl methyl sites for hydroxylation is 2. The zero-order chi connectivity index (χ0) is 14.9. The molecule has 2 rings (SSSR count). The second kappa shape index (κ2) is 5.53. The molecule has 1 aliphatic carbocycles. The van der Waals surface area contributed by atoms with E-state index in [1.807, 2.05) is 32.0 Å². The fourth-order valence-corrected chi connectivity index (χ4v) is 2.76. The smallest absolute Gasteiger partial charge is 0.204 e. The van der Waals surface area contributed by atoms with Crippen molar-refractivity contribution in [2.75, 3.05) is 6.54 Å². The number of carbonyl (C=O) groups excluding carboxylic acids is 2. The normalized spacial score (nSPS) is 22.3. The van der Waals surface area contributed by atoms with Crippen LogP contribution in [-0.2, 0) is 9.59 Å². The highest BCUT2D eigenvalue weighted by Crippen LogP contribution is 2.35. The molecule has 0 saturated heterocycles. The Bertz CT molecular complexity index is 579. The van der Waals surface area contributed by atoms with Gasteiger partial charge in [-0.15, -0.1) is 0 Å². The molecule has 20 heavy (non-hydrogen) atoms. The maximum Gasteiger partial charge on any atom is 0.204 e. The van der Waals surface area contributed by atoms with Crippen LogP contribution in [0.5, 0.6) is 0 Å². The highest BCUT2D eigenvalue weighted by molar-refractivity contribution is 6.14. The first-order valence-corrected chi connectivity index (χ1v) is 6.65. The van der Waals surface area contributed by atoms with E-state index in [-0.39, 0.29) is 31.0 Å². The topological polar surface area (TPSA) is 77.3 Å². The first kappa shape index (κ1) is 14.4. The maximum atomic E-state index is 12.3. The number of rotatable bonds is 4. The van der Waals surface area contributed by atoms with Crippen LogP contribution in [0.25, 0.3) is 0 Å². The van der Waals surface area contributed by atoms with Gasteiger partial charge in [0.1, 0.15) is 11.7 Å². The van der Waals surface area contributed by atoms with Gasteiger partial charge in [0.15, 0.2) is 5.78 Å².